The number of benzene rings is 1. The van der Waals surface area contributed by atoms with Crippen molar-refractivity contribution in [3.8, 4) is 0 Å². The van der Waals surface area contributed by atoms with E-state index in [0.29, 0.717) is 10.8 Å². The second-order valence-electron chi connectivity index (χ2n) is 5.11. The first-order chi connectivity index (χ1) is 10.2. The average Bonchev–Trinajstić information content (AvgIpc) is 3.09. The molecular weight excluding hydrogens is 302 g/mol. The molecular formula is C15H13N3OS2. The van der Waals surface area contributed by atoms with Crippen molar-refractivity contribution in [2.45, 2.75) is 19.3 Å². The number of aryl methyl sites for hydroxylation is 2. The molecule has 1 aliphatic rings. The average molecular weight is 315 g/mol. The molecule has 21 heavy (non-hydrogen) atoms. The summed E-state index contributed by atoms with van der Waals surface area (Å²) in [6.07, 6.45) is 3.41. The van der Waals surface area contributed by atoms with Crippen molar-refractivity contribution >= 4 is 49.6 Å². The molecule has 2 aromatic heterocycles. The van der Waals surface area contributed by atoms with Gasteiger partial charge in [0.25, 0.3) is 5.91 Å². The number of carbonyl (C=O) groups excluding carboxylic acids is 1. The third kappa shape index (κ3) is 2.30. The van der Waals surface area contributed by atoms with E-state index < -0.39 is 0 Å². The van der Waals surface area contributed by atoms with Crippen molar-refractivity contribution in [3.63, 3.8) is 0 Å². The number of nitrogen functional groups attached to an aromatic ring is 1. The number of carbonyl (C=O) groups is 1. The minimum atomic E-state index is -0.0681. The highest BCUT2D eigenvalue weighted by atomic mass is 32.1. The van der Waals surface area contributed by atoms with E-state index in [2.05, 4.69) is 10.3 Å². The van der Waals surface area contributed by atoms with E-state index in [4.69, 9.17) is 5.73 Å². The van der Waals surface area contributed by atoms with Crippen molar-refractivity contribution in [1.82, 2.24) is 4.98 Å². The summed E-state index contributed by atoms with van der Waals surface area (Å²) in [6.45, 7) is 0. The molecule has 0 bridgehead atoms. The summed E-state index contributed by atoms with van der Waals surface area (Å²) in [5, 5.41) is 3.51. The Morgan fingerprint density at radius 3 is 3.00 bits per heavy atom. The van der Waals surface area contributed by atoms with Crippen LogP contribution in [0.3, 0.4) is 0 Å². The number of nitrogens with two attached hydrogens (primary N) is 1. The van der Waals surface area contributed by atoms with E-state index in [1.165, 1.54) is 28.2 Å². The number of amides is 1. The Bertz CT molecular complexity index is 828. The SMILES string of the molecule is Nc1ccc2nc(NC(=O)c3cc4c(s3)CCC4)sc2c1. The Balaban J connectivity index is 1.59. The number of thiazole rings is 1. The lowest BCUT2D eigenvalue weighted by molar-refractivity contribution is 0.103. The van der Waals surface area contributed by atoms with Crippen LogP contribution in [0.15, 0.2) is 24.3 Å². The van der Waals surface area contributed by atoms with Gasteiger partial charge < -0.3 is 5.73 Å². The number of hydrogen-bond acceptors (Lipinski definition) is 5. The molecule has 1 amide bonds. The van der Waals surface area contributed by atoms with Crippen LogP contribution in [-0.4, -0.2) is 10.9 Å². The van der Waals surface area contributed by atoms with Gasteiger partial charge in [0.15, 0.2) is 5.13 Å². The van der Waals surface area contributed by atoms with Crippen molar-refractivity contribution in [2.24, 2.45) is 0 Å². The number of thiophene rings is 1. The van der Waals surface area contributed by atoms with Gasteiger partial charge in [-0.15, -0.1) is 11.3 Å². The lowest BCUT2D eigenvalue weighted by atomic mass is 10.2. The molecule has 0 fully saturated rings. The molecule has 4 rings (SSSR count). The first kappa shape index (κ1) is 12.8. The van der Waals surface area contributed by atoms with Gasteiger partial charge in [0.2, 0.25) is 0 Å². The quantitative estimate of drug-likeness (QED) is 0.709. The van der Waals surface area contributed by atoms with Gasteiger partial charge in [0, 0.05) is 10.6 Å². The summed E-state index contributed by atoms with van der Waals surface area (Å²) in [4.78, 5) is 18.9. The molecule has 0 aliphatic heterocycles. The topological polar surface area (TPSA) is 68.0 Å². The van der Waals surface area contributed by atoms with Gasteiger partial charge in [-0.2, -0.15) is 0 Å². The molecule has 0 spiro atoms. The van der Waals surface area contributed by atoms with Crippen LogP contribution in [0.4, 0.5) is 10.8 Å². The van der Waals surface area contributed by atoms with Crippen molar-refractivity contribution in [3.05, 3.63) is 39.6 Å². The van der Waals surface area contributed by atoms with Crippen LogP contribution in [-0.2, 0) is 12.8 Å². The van der Waals surface area contributed by atoms with Gasteiger partial charge in [0.1, 0.15) is 0 Å². The van der Waals surface area contributed by atoms with E-state index in [1.807, 2.05) is 24.3 Å². The lowest BCUT2D eigenvalue weighted by Crippen LogP contribution is -2.09. The van der Waals surface area contributed by atoms with Gasteiger partial charge in [0.05, 0.1) is 15.1 Å². The van der Waals surface area contributed by atoms with E-state index in [-0.39, 0.29) is 5.91 Å². The third-order valence-corrected chi connectivity index (χ3v) is 5.77. The van der Waals surface area contributed by atoms with Gasteiger partial charge in [-0.05, 0) is 49.1 Å². The maximum atomic E-state index is 12.3. The molecule has 3 N–H and O–H groups in total. The van der Waals surface area contributed by atoms with Gasteiger partial charge >= 0.3 is 0 Å². The number of rotatable bonds is 2. The third-order valence-electron chi connectivity index (χ3n) is 3.60. The summed E-state index contributed by atoms with van der Waals surface area (Å²) >= 11 is 3.05. The summed E-state index contributed by atoms with van der Waals surface area (Å²) in [5.41, 5.74) is 8.66. The fourth-order valence-corrected chi connectivity index (χ4v) is 4.65. The molecule has 3 aromatic rings. The lowest BCUT2D eigenvalue weighted by Gasteiger charge is -1.97. The van der Waals surface area contributed by atoms with Crippen molar-refractivity contribution < 1.29 is 4.79 Å². The Labute approximate surface area is 129 Å². The van der Waals surface area contributed by atoms with Crippen LogP contribution in [0.5, 0.6) is 0 Å². The summed E-state index contributed by atoms with van der Waals surface area (Å²) in [5.74, 6) is -0.0681. The van der Waals surface area contributed by atoms with Gasteiger partial charge in [-0.3, -0.25) is 10.1 Å². The largest absolute Gasteiger partial charge is 0.399 e. The molecule has 2 heterocycles. The smallest absolute Gasteiger partial charge is 0.267 e. The Kier molecular flexibility index (Phi) is 2.94. The van der Waals surface area contributed by atoms with Crippen molar-refractivity contribution in [2.75, 3.05) is 11.1 Å². The Morgan fingerprint density at radius 2 is 2.14 bits per heavy atom. The molecule has 4 nitrogen and oxygen atoms in total. The van der Waals surface area contributed by atoms with Crippen LogP contribution < -0.4 is 11.1 Å². The zero-order valence-electron chi connectivity index (χ0n) is 11.2. The second kappa shape index (κ2) is 4.82. The molecule has 0 unspecified atom stereocenters. The molecule has 1 aliphatic carbocycles. The highest BCUT2D eigenvalue weighted by Crippen LogP contribution is 2.32. The van der Waals surface area contributed by atoms with E-state index in [0.717, 1.165) is 27.9 Å². The number of hydrogen-bond donors (Lipinski definition) is 2. The summed E-state index contributed by atoms with van der Waals surface area (Å²) in [6, 6.07) is 7.59. The molecule has 0 saturated carbocycles. The number of anilines is 2. The summed E-state index contributed by atoms with van der Waals surface area (Å²) in [7, 11) is 0. The van der Waals surface area contributed by atoms with E-state index in [9.17, 15) is 4.79 Å². The standard InChI is InChI=1S/C15H13N3OS2/c16-9-4-5-10-12(7-9)21-15(17-10)18-14(19)13-6-8-2-1-3-11(8)20-13/h4-7H,1-3,16H2,(H,17,18,19). The fraction of sp³-hybridized carbons (Fsp3) is 0.200. The van der Waals surface area contributed by atoms with Crippen LogP contribution in [0.25, 0.3) is 10.2 Å². The molecule has 0 atom stereocenters. The molecule has 0 saturated heterocycles. The van der Waals surface area contributed by atoms with Crippen LogP contribution in [0.1, 0.15) is 26.5 Å². The normalized spacial score (nSPS) is 13.5. The predicted molar refractivity (Wildman–Crippen MR) is 88.3 cm³/mol. The van der Waals surface area contributed by atoms with Crippen LogP contribution in [0.2, 0.25) is 0 Å². The minimum absolute atomic E-state index is 0.0681. The zero-order valence-corrected chi connectivity index (χ0v) is 12.8. The first-order valence-electron chi connectivity index (χ1n) is 6.78. The monoisotopic (exact) mass is 315 g/mol. The number of nitrogens with zero attached hydrogens (tertiary/aromatic N) is 1. The number of nitrogens with one attached hydrogen (secondary N) is 1. The molecule has 6 heteroatoms. The van der Waals surface area contributed by atoms with Gasteiger partial charge in [-0.1, -0.05) is 11.3 Å². The van der Waals surface area contributed by atoms with Crippen LogP contribution >= 0.6 is 22.7 Å². The predicted octanol–water partition coefficient (Wildman–Crippen LogP) is 3.68. The second-order valence-corrected chi connectivity index (χ2v) is 7.28. The molecule has 1 aromatic carbocycles. The van der Waals surface area contributed by atoms with Crippen LogP contribution in [0, 0.1) is 0 Å². The van der Waals surface area contributed by atoms with Crippen molar-refractivity contribution in [1.29, 1.82) is 0 Å². The Hall–Kier alpha value is -1.92. The first-order valence-corrected chi connectivity index (χ1v) is 8.41. The molecule has 106 valence electrons. The van der Waals surface area contributed by atoms with E-state index in [1.54, 1.807) is 11.3 Å². The fourth-order valence-electron chi connectivity index (χ4n) is 2.59. The summed E-state index contributed by atoms with van der Waals surface area (Å²) < 4.78 is 0.985. The number of aromatic nitrogens is 1. The van der Waals surface area contributed by atoms with E-state index >= 15 is 0 Å². The molecule has 0 radical (unpaired) electrons. The minimum Gasteiger partial charge on any atom is -0.399 e. The highest BCUT2D eigenvalue weighted by Gasteiger charge is 2.19. The zero-order chi connectivity index (χ0) is 14.4. The maximum Gasteiger partial charge on any atom is 0.267 e. The number of fused-ring (bicyclic) bond motifs is 2. The Morgan fingerprint density at radius 1 is 1.24 bits per heavy atom. The highest BCUT2D eigenvalue weighted by molar-refractivity contribution is 7.22. The maximum absolute atomic E-state index is 12.3. The van der Waals surface area contributed by atoms with Gasteiger partial charge in [-0.25, -0.2) is 4.98 Å².